The van der Waals surface area contributed by atoms with E-state index >= 15 is 0 Å². The molecule has 1 N–H and O–H groups in total. The topological polar surface area (TPSA) is 56.0 Å². The van der Waals surface area contributed by atoms with Gasteiger partial charge in [0.15, 0.2) is 0 Å². The lowest BCUT2D eigenvalue weighted by Gasteiger charge is -2.17. The predicted molar refractivity (Wildman–Crippen MR) is 73.2 cm³/mol. The average Bonchev–Trinajstić information content (AvgIpc) is 3.26. The van der Waals surface area contributed by atoms with Gasteiger partial charge in [0, 0.05) is 38.4 Å². The smallest absolute Gasteiger partial charge is 0.312 e. The largest absolute Gasteiger partial charge is 0.330 e. The Kier molecular flexibility index (Phi) is 3.31. The summed E-state index contributed by atoms with van der Waals surface area (Å²) in [5.41, 5.74) is -0.442. The Bertz CT molecular complexity index is 555. The number of aromatic nitrogens is 2. The maximum atomic E-state index is 11.9. The van der Waals surface area contributed by atoms with Crippen molar-refractivity contribution in [2.45, 2.75) is 38.3 Å². The highest BCUT2D eigenvalue weighted by molar-refractivity contribution is 4.96. The Morgan fingerprint density at radius 1 is 1.26 bits per heavy atom. The van der Waals surface area contributed by atoms with E-state index in [1.165, 1.54) is 47.1 Å². The molecule has 1 aromatic rings. The standard InChI is InChI=1S/C14H21N3O2/c1-16-8-6-12(18)17(14(16)19)9-7-15-13(10-2-3-10)11-4-5-11/h6,8,10-11,13,15H,2-5,7,9H2,1H3. The summed E-state index contributed by atoms with van der Waals surface area (Å²) >= 11 is 0. The molecular formula is C14H21N3O2. The van der Waals surface area contributed by atoms with Crippen LogP contribution in [0.25, 0.3) is 0 Å². The van der Waals surface area contributed by atoms with Gasteiger partial charge in [-0.05, 0) is 37.5 Å². The highest BCUT2D eigenvalue weighted by Gasteiger charge is 2.40. The number of nitrogens with one attached hydrogen (secondary N) is 1. The third-order valence-electron chi connectivity index (χ3n) is 4.21. The summed E-state index contributed by atoms with van der Waals surface area (Å²) in [4.78, 5) is 23.5. The molecule has 0 radical (unpaired) electrons. The second-order valence-corrected chi connectivity index (χ2v) is 5.85. The van der Waals surface area contributed by atoms with E-state index in [1.807, 2.05) is 0 Å². The van der Waals surface area contributed by atoms with Crippen molar-refractivity contribution in [3.63, 3.8) is 0 Å². The lowest BCUT2D eigenvalue weighted by Crippen LogP contribution is -2.42. The van der Waals surface area contributed by atoms with Crippen LogP contribution in [0, 0.1) is 11.8 Å². The zero-order valence-electron chi connectivity index (χ0n) is 11.3. The molecule has 2 aliphatic rings. The minimum atomic E-state index is -0.233. The van der Waals surface area contributed by atoms with Crippen molar-refractivity contribution < 1.29 is 0 Å². The van der Waals surface area contributed by atoms with Gasteiger partial charge in [-0.25, -0.2) is 4.79 Å². The summed E-state index contributed by atoms with van der Waals surface area (Å²) in [5, 5.41) is 3.56. The maximum absolute atomic E-state index is 11.9. The fraction of sp³-hybridized carbons (Fsp3) is 0.714. The number of hydrogen-bond acceptors (Lipinski definition) is 3. The molecule has 19 heavy (non-hydrogen) atoms. The van der Waals surface area contributed by atoms with Crippen LogP contribution < -0.4 is 16.6 Å². The van der Waals surface area contributed by atoms with Gasteiger partial charge in [-0.15, -0.1) is 0 Å². The predicted octanol–water partition coefficient (Wildman–Crippen LogP) is 0.325. The van der Waals surface area contributed by atoms with Crippen LogP contribution in [-0.2, 0) is 13.6 Å². The van der Waals surface area contributed by atoms with Gasteiger partial charge in [0.2, 0.25) is 0 Å². The van der Waals surface area contributed by atoms with Crippen molar-refractivity contribution in [2.75, 3.05) is 6.54 Å². The third-order valence-corrected chi connectivity index (χ3v) is 4.21. The van der Waals surface area contributed by atoms with Gasteiger partial charge in [0.25, 0.3) is 5.56 Å². The zero-order valence-corrected chi connectivity index (χ0v) is 11.3. The van der Waals surface area contributed by atoms with Crippen LogP contribution in [0.4, 0.5) is 0 Å². The molecule has 0 aliphatic heterocycles. The van der Waals surface area contributed by atoms with Crippen LogP contribution in [-0.4, -0.2) is 21.7 Å². The van der Waals surface area contributed by atoms with Gasteiger partial charge < -0.3 is 9.88 Å². The first-order chi connectivity index (χ1) is 9.16. The molecular weight excluding hydrogens is 242 g/mol. The lowest BCUT2D eigenvalue weighted by atomic mass is 10.1. The molecule has 0 saturated heterocycles. The molecule has 1 heterocycles. The van der Waals surface area contributed by atoms with Crippen molar-refractivity contribution in [3.8, 4) is 0 Å². The van der Waals surface area contributed by atoms with Gasteiger partial charge in [-0.3, -0.25) is 9.36 Å². The summed E-state index contributed by atoms with van der Waals surface area (Å²) in [6, 6.07) is 2.06. The van der Waals surface area contributed by atoms with Crippen LogP contribution >= 0.6 is 0 Å². The van der Waals surface area contributed by atoms with E-state index in [9.17, 15) is 9.59 Å². The molecule has 0 spiro atoms. The molecule has 2 saturated carbocycles. The summed E-state index contributed by atoms with van der Waals surface area (Å²) in [7, 11) is 1.67. The summed E-state index contributed by atoms with van der Waals surface area (Å²) in [5.74, 6) is 1.67. The molecule has 2 fully saturated rings. The number of aryl methyl sites for hydroxylation is 1. The second kappa shape index (κ2) is 4.96. The van der Waals surface area contributed by atoms with Crippen molar-refractivity contribution in [1.29, 1.82) is 0 Å². The molecule has 1 aromatic heterocycles. The maximum Gasteiger partial charge on any atom is 0.330 e. The Morgan fingerprint density at radius 2 is 1.89 bits per heavy atom. The fourth-order valence-electron chi connectivity index (χ4n) is 2.79. The Labute approximate surface area is 112 Å². The Hall–Kier alpha value is -1.36. The van der Waals surface area contributed by atoms with Crippen LogP contribution in [0.15, 0.2) is 21.9 Å². The van der Waals surface area contributed by atoms with Crippen molar-refractivity contribution in [1.82, 2.24) is 14.5 Å². The molecule has 0 aromatic carbocycles. The van der Waals surface area contributed by atoms with E-state index in [0.717, 1.165) is 11.8 Å². The molecule has 0 atom stereocenters. The van der Waals surface area contributed by atoms with Gasteiger partial charge in [0.1, 0.15) is 0 Å². The van der Waals surface area contributed by atoms with E-state index in [1.54, 1.807) is 7.05 Å². The fourth-order valence-corrected chi connectivity index (χ4v) is 2.79. The second-order valence-electron chi connectivity index (χ2n) is 5.85. The van der Waals surface area contributed by atoms with Crippen LogP contribution in [0.1, 0.15) is 25.7 Å². The first-order valence-electron chi connectivity index (χ1n) is 7.16. The Morgan fingerprint density at radius 3 is 2.47 bits per heavy atom. The van der Waals surface area contributed by atoms with E-state index in [2.05, 4.69) is 5.32 Å². The van der Waals surface area contributed by atoms with Crippen LogP contribution in [0.5, 0.6) is 0 Å². The molecule has 0 bridgehead atoms. The number of rotatable bonds is 6. The monoisotopic (exact) mass is 263 g/mol. The lowest BCUT2D eigenvalue weighted by molar-refractivity contribution is 0.401. The van der Waals surface area contributed by atoms with E-state index in [0.29, 0.717) is 19.1 Å². The first kappa shape index (κ1) is 12.7. The summed E-state index contributed by atoms with van der Waals surface area (Å²) in [6.07, 6.45) is 6.86. The van der Waals surface area contributed by atoms with Gasteiger partial charge >= 0.3 is 5.69 Å². The average molecular weight is 263 g/mol. The quantitative estimate of drug-likeness (QED) is 0.804. The minimum Gasteiger partial charge on any atom is -0.312 e. The van der Waals surface area contributed by atoms with Gasteiger partial charge in [0.05, 0.1) is 0 Å². The highest BCUT2D eigenvalue weighted by Crippen LogP contribution is 2.44. The number of hydrogen-bond donors (Lipinski definition) is 1. The molecule has 104 valence electrons. The first-order valence-corrected chi connectivity index (χ1v) is 7.16. The summed E-state index contributed by atoms with van der Waals surface area (Å²) < 4.78 is 2.75. The third kappa shape index (κ3) is 2.81. The van der Waals surface area contributed by atoms with Gasteiger partial charge in [-0.1, -0.05) is 0 Å². The van der Waals surface area contributed by atoms with E-state index in [-0.39, 0.29) is 11.2 Å². The molecule has 0 amide bonds. The molecule has 5 heteroatoms. The molecule has 2 aliphatic carbocycles. The highest BCUT2D eigenvalue weighted by atomic mass is 16.2. The van der Waals surface area contributed by atoms with Gasteiger partial charge in [-0.2, -0.15) is 0 Å². The number of nitrogens with zero attached hydrogens (tertiary/aromatic N) is 2. The minimum absolute atomic E-state index is 0.209. The van der Waals surface area contributed by atoms with Crippen LogP contribution in [0.3, 0.4) is 0 Å². The molecule has 5 nitrogen and oxygen atoms in total. The molecule has 3 rings (SSSR count). The Balaban J connectivity index is 1.61. The van der Waals surface area contributed by atoms with Crippen LogP contribution in [0.2, 0.25) is 0 Å². The van der Waals surface area contributed by atoms with E-state index in [4.69, 9.17) is 0 Å². The zero-order chi connectivity index (χ0) is 13.4. The molecule has 0 unspecified atom stereocenters. The van der Waals surface area contributed by atoms with Crippen molar-refractivity contribution >= 4 is 0 Å². The van der Waals surface area contributed by atoms with Crippen molar-refractivity contribution in [2.24, 2.45) is 18.9 Å². The SMILES string of the molecule is Cn1ccc(=O)n(CCNC(C2CC2)C2CC2)c1=O. The van der Waals surface area contributed by atoms with Crippen molar-refractivity contribution in [3.05, 3.63) is 33.1 Å². The summed E-state index contributed by atoms with van der Waals surface area (Å²) in [6.45, 7) is 1.17. The normalized spacial score (nSPS) is 19.1. The van der Waals surface area contributed by atoms with E-state index < -0.39 is 0 Å².